The minimum Gasteiger partial charge on any atom is -0.483 e. The molecule has 0 aromatic heterocycles. The number of carbonyl (C=O) groups is 1. The van der Waals surface area contributed by atoms with Gasteiger partial charge in [0, 0.05) is 27.9 Å². The van der Waals surface area contributed by atoms with Crippen molar-refractivity contribution in [2.24, 2.45) is 10.4 Å². The van der Waals surface area contributed by atoms with Crippen LogP contribution in [0.3, 0.4) is 0 Å². The predicted octanol–water partition coefficient (Wildman–Crippen LogP) is 6.80. The van der Waals surface area contributed by atoms with E-state index >= 15 is 0 Å². The summed E-state index contributed by atoms with van der Waals surface area (Å²) in [5.74, 6) is 0.109. The molecule has 5 nitrogen and oxygen atoms in total. The van der Waals surface area contributed by atoms with Crippen molar-refractivity contribution < 1.29 is 9.53 Å². The van der Waals surface area contributed by atoms with E-state index in [-0.39, 0.29) is 11.2 Å². The zero-order valence-corrected chi connectivity index (χ0v) is 21.5. The van der Waals surface area contributed by atoms with E-state index in [9.17, 15) is 10.1 Å². The highest BCUT2D eigenvalue weighted by Gasteiger charge is 2.45. The summed E-state index contributed by atoms with van der Waals surface area (Å²) in [6.07, 6.45) is 2.53. The zero-order valence-electron chi connectivity index (χ0n) is 19.9. The summed E-state index contributed by atoms with van der Waals surface area (Å²) in [5.41, 5.74) is 4.71. The van der Waals surface area contributed by atoms with Crippen molar-refractivity contribution in [1.82, 2.24) is 0 Å². The lowest BCUT2D eigenvalue weighted by Gasteiger charge is -2.43. The highest BCUT2D eigenvalue weighted by Crippen LogP contribution is 2.51. The van der Waals surface area contributed by atoms with Crippen LogP contribution in [0.2, 0.25) is 0 Å². The lowest BCUT2D eigenvalue weighted by molar-refractivity contribution is -0.118. The minimum absolute atomic E-state index is 0.0829. The lowest BCUT2D eigenvalue weighted by Crippen LogP contribution is -2.39. The van der Waals surface area contributed by atoms with Crippen LogP contribution >= 0.6 is 15.9 Å². The van der Waals surface area contributed by atoms with Crippen LogP contribution in [0.5, 0.6) is 0 Å². The number of ether oxygens (including phenoxy) is 1. The number of nitrogens with zero attached hydrogens (tertiary/aromatic N) is 3. The van der Waals surface area contributed by atoms with Gasteiger partial charge in [0.1, 0.15) is 0 Å². The van der Waals surface area contributed by atoms with Gasteiger partial charge >= 0.3 is 0 Å². The van der Waals surface area contributed by atoms with E-state index < -0.39 is 5.92 Å². The molecule has 1 unspecified atom stereocenters. The van der Waals surface area contributed by atoms with Crippen LogP contribution in [-0.4, -0.2) is 18.8 Å². The Morgan fingerprint density at radius 2 is 1.85 bits per heavy atom. The standard InChI is InChI=1S/C28H28BrN3O2/c1-5-34-17-31-27-22(16-30)25(19-8-6-18(2)7-9-19)26-23(14-28(3,4)15-24(26)33)32(27)21-12-10-20(29)11-13-21/h6-13,17,25H,5,14-15H2,1-4H3/b31-17+. The molecule has 1 atom stereocenters. The molecule has 2 aromatic rings. The zero-order chi connectivity index (χ0) is 24.5. The molecule has 2 aromatic carbocycles. The molecule has 6 heteroatoms. The Morgan fingerprint density at radius 1 is 1.18 bits per heavy atom. The summed E-state index contributed by atoms with van der Waals surface area (Å²) in [6, 6.07) is 18.3. The monoisotopic (exact) mass is 517 g/mol. The number of hydrogen-bond acceptors (Lipinski definition) is 5. The van der Waals surface area contributed by atoms with E-state index in [2.05, 4.69) is 40.8 Å². The number of benzene rings is 2. The lowest BCUT2D eigenvalue weighted by atomic mass is 9.68. The molecule has 34 heavy (non-hydrogen) atoms. The summed E-state index contributed by atoms with van der Waals surface area (Å²) in [4.78, 5) is 20.3. The molecule has 1 aliphatic carbocycles. The van der Waals surface area contributed by atoms with Crippen molar-refractivity contribution in [1.29, 1.82) is 5.26 Å². The fourth-order valence-corrected chi connectivity index (χ4v) is 4.98. The van der Waals surface area contributed by atoms with Crippen LogP contribution in [0, 0.1) is 23.7 Å². The van der Waals surface area contributed by atoms with Crippen LogP contribution in [-0.2, 0) is 9.53 Å². The van der Waals surface area contributed by atoms with Crippen molar-refractivity contribution in [3.63, 3.8) is 0 Å². The third kappa shape index (κ3) is 4.58. The van der Waals surface area contributed by atoms with E-state index in [1.165, 1.54) is 6.40 Å². The number of anilines is 1. The fraction of sp³-hybridized carbons (Fsp3) is 0.321. The Morgan fingerprint density at radius 3 is 2.47 bits per heavy atom. The van der Waals surface area contributed by atoms with E-state index in [0.29, 0.717) is 36.4 Å². The molecular formula is C28H28BrN3O2. The molecule has 2 aliphatic rings. The van der Waals surface area contributed by atoms with Gasteiger partial charge in [-0.15, -0.1) is 0 Å². The highest BCUT2D eigenvalue weighted by molar-refractivity contribution is 9.10. The maximum Gasteiger partial charge on any atom is 0.176 e. The first-order valence-corrected chi connectivity index (χ1v) is 12.2. The number of rotatable bonds is 5. The smallest absolute Gasteiger partial charge is 0.176 e. The summed E-state index contributed by atoms with van der Waals surface area (Å²) < 4.78 is 6.38. The number of hydrogen-bond donors (Lipinski definition) is 0. The summed E-state index contributed by atoms with van der Waals surface area (Å²) >= 11 is 3.51. The molecule has 0 fully saturated rings. The number of carbonyl (C=O) groups excluding carboxylic acids is 1. The first kappa shape index (κ1) is 24.0. The maximum absolute atomic E-state index is 13.7. The predicted molar refractivity (Wildman–Crippen MR) is 138 cm³/mol. The topological polar surface area (TPSA) is 65.7 Å². The van der Waals surface area contributed by atoms with Gasteiger partial charge in [0.25, 0.3) is 0 Å². The van der Waals surface area contributed by atoms with Gasteiger partial charge < -0.3 is 4.74 Å². The van der Waals surface area contributed by atoms with E-state index in [0.717, 1.165) is 27.0 Å². The minimum atomic E-state index is -0.468. The van der Waals surface area contributed by atoms with Crippen molar-refractivity contribution in [2.45, 2.75) is 46.5 Å². The number of halogens is 1. The van der Waals surface area contributed by atoms with Crippen LogP contribution in [0.4, 0.5) is 5.69 Å². The second kappa shape index (κ2) is 9.60. The average molecular weight is 518 g/mol. The Kier molecular flexibility index (Phi) is 6.77. The van der Waals surface area contributed by atoms with E-state index in [1.54, 1.807) is 0 Å². The number of allylic oxidation sites excluding steroid dienone is 3. The Balaban J connectivity index is 2.03. The van der Waals surface area contributed by atoms with Gasteiger partial charge in [-0.2, -0.15) is 5.26 Å². The molecule has 0 bridgehead atoms. The van der Waals surface area contributed by atoms with E-state index in [1.807, 2.05) is 67.3 Å². The fourth-order valence-electron chi connectivity index (χ4n) is 4.71. The molecule has 1 aliphatic heterocycles. The van der Waals surface area contributed by atoms with Crippen molar-refractivity contribution in [2.75, 3.05) is 11.5 Å². The molecule has 0 N–H and O–H groups in total. The average Bonchev–Trinajstić information content (AvgIpc) is 2.79. The third-order valence-corrected chi connectivity index (χ3v) is 6.76. The molecule has 0 amide bonds. The van der Waals surface area contributed by atoms with E-state index in [4.69, 9.17) is 4.74 Å². The molecule has 0 saturated heterocycles. The van der Waals surface area contributed by atoms with Crippen LogP contribution in [0.1, 0.15) is 50.7 Å². The van der Waals surface area contributed by atoms with Gasteiger partial charge in [-0.05, 0) is 55.5 Å². The molecule has 0 spiro atoms. The number of aliphatic imine (C=N–C) groups is 1. The SMILES string of the molecule is CCO/C=N/C1=C(C#N)C(c2ccc(C)cc2)C2=C(CC(C)(C)CC2=O)N1c1ccc(Br)cc1. The highest BCUT2D eigenvalue weighted by atomic mass is 79.9. The second-order valence-electron chi connectivity index (χ2n) is 9.50. The molecule has 0 saturated carbocycles. The Hall–Kier alpha value is -3.17. The van der Waals surface area contributed by atoms with Crippen molar-refractivity contribution in [3.8, 4) is 6.07 Å². The number of aryl methyl sites for hydroxylation is 1. The molecule has 4 rings (SSSR count). The normalized spacial score (nSPS) is 19.9. The van der Waals surface area contributed by atoms with Gasteiger partial charge in [-0.3, -0.25) is 9.69 Å². The number of ketones is 1. The van der Waals surface area contributed by atoms with Crippen molar-refractivity contribution >= 4 is 33.8 Å². The van der Waals surface area contributed by atoms with Crippen LogP contribution in [0.25, 0.3) is 0 Å². The summed E-state index contributed by atoms with van der Waals surface area (Å²) in [6.45, 7) is 8.61. The first-order valence-electron chi connectivity index (χ1n) is 11.4. The molecular weight excluding hydrogens is 490 g/mol. The molecule has 1 heterocycles. The first-order chi connectivity index (χ1) is 16.3. The van der Waals surface area contributed by atoms with Crippen LogP contribution < -0.4 is 4.90 Å². The van der Waals surface area contributed by atoms with Gasteiger partial charge in [-0.25, -0.2) is 4.99 Å². The molecule has 0 radical (unpaired) electrons. The Bertz CT molecular complexity index is 1230. The van der Waals surface area contributed by atoms with Gasteiger partial charge in [0.05, 0.1) is 24.2 Å². The second-order valence-corrected chi connectivity index (χ2v) is 10.4. The van der Waals surface area contributed by atoms with Gasteiger partial charge in [0.2, 0.25) is 0 Å². The Labute approximate surface area is 209 Å². The summed E-state index contributed by atoms with van der Waals surface area (Å²) in [5, 5.41) is 10.4. The largest absolute Gasteiger partial charge is 0.483 e. The van der Waals surface area contributed by atoms with Crippen LogP contribution in [0.15, 0.2) is 80.7 Å². The number of nitriles is 1. The number of Topliss-reactive ketones (excluding diaryl/α,β-unsaturated/α-hetero) is 1. The molecule has 174 valence electrons. The third-order valence-electron chi connectivity index (χ3n) is 6.23. The summed E-state index contributed by atoms with van der Waals surface area (Å²) in [7, 11) is 0. The van der Waals surface area contributed by atoms with Gasteiger partial charge in [0.15, 0.2) is 18.0 Å². The maximum atomic E-state index is 13.7. The van der Waals surface area contributed by atoms with Crippen molar-refractivity contribution in [3.05, 3.63) is 86.8 Å². The quantitative estimate of drug-likeness (QED) is 0.322. The van der Waals surface area contributed by atoms with Gasteiger partial charge in [-0.1, -0.05) is 59.6 Å².